The van der Waals surface area contributed by atoms with E-state index < -0.39 is 0 Å². The molecule has 5 aromatic rings. The Labute approximate surface area is 203 Å². The van der Waals surface area contributed by atoms with Crippen LogP contribution >= 0.6 is 0 Å². The van der Waals surface area contributed by atoms with Crippen LogP contribution in [0.1, 0.15) is 17.5 Å². The molecular weight excluding hydrogens is 436 g/mol. The number of benzene rings is 2. The molecule has 0 spiro atoms. The molecule has 0 fully saturated rings. The van der Waals surface area contributed by atoms with E-state index in [1.54, 1.807) is 10.9 Å². The normalized spacial score (nSPS) is 11.1. The number of anilines is 1. The molecule has 2 aromatic carbocycles. The molecule has 0 radical (unpaired) electrons. The van der Waals surface area contributed by atoms with Crippen LogP contribution < -0.4 is 11.5 Å². The Bertz CT molecular complexity index is 1550. The van der Waals surface area contributed by atoms with Crippen LogP contribution in [0.2, 0.25) is 0 Å². The van der Waals surface area contributed by atoms with E-state index in [-0.39, 0.29) is 12.3 Å². The van der Waals surface area contributed by atoms with E-state index in [0.29, 0.717) is 12.4 Å². The average molecular weight is 463 g/mol. The number of pyridine rings is 2. The number of aryl methyl sites for hydroxylation is 3. The monoisotopic (exact) mass is 462 g/mol. The third kappa shape index (κ3) is 4.48. The Balaban J connectivity index is 1.68. The van der Waals surface area contributed by atoms with Crippen LogP contribution in [0.25, 0.3) is 44.4 Å². The Hall–Kier alpha value is -4.52. The first-order valence-corrected chi connectivity index (χ1v) is 11.4. The van der Waals surface area contributed by atoms with Crippen LogP contribution in [-0.4, -0.2) is 25.7 Å². The number of fused-ring (bicyclic) bond motifs is 1. The van der Waals surface area contributed by atoms with Crippen molar-refractivity contribution < 1.29 is 4.79 Å². The maximum absolute atomic E-state index is 11.2. The molecule has 1 amide bonds. The molecule has 0 aliphatic heterocycles. The minimum Gasteiger partial charge on any atom is -0.383 e. The van der Waals surface area contributed by atoms with Gasteiger partial charge in [0.15, 0.2) is 0 Å². The van der Waals surface area contributed by atoms with Gasteiger partial charge in [0.2, 0.25) is 5.91 Å². The summed E-state index contributed by atoms with van der Waals surface area (Å²) in [5.41, 5.74) is 20.5. The molecule has 0 unspecified atom stereocenters. The minimum absolute atomic E-state index is 0.219. The van der Waals surface area contributed by atoms with Crippen LogP contribution in [0, 0.1) is 13.8 Å². The fourth-order valence-electron chi connectivity index (χ4n) is 4.21. The first kappa shape index (κ1) is 22.3. The van der Waals surface area contributed by atoms with E-state index >= 15 is 0 Å². The second-order valence-electron chi connectivity index (χ2n) is 8.75. The topological polar surface area (TPSA) is 113 Å². The van der Waals surface area contributed by atoms with E-state index in [0.717, 1.165) is 50.0 Å². The molecule has 0 saturated carbocycles. The second kappa shape index (κ2) is 9.02. The van der Waals surface area contributed by atoms with Crippen molar-refractivity contribution >= 4 is 22.6 Å². The van der Waals surface area contributed by atoms with Gasteiger partial charge in [-0.25, -0.2) is 4.98 Å². The van der Waals surface area contributed by atoms with Crippen molar-refractivity contribution in [3.05, 3.63) is 84.3 Å². The first-order chi connectivity index (χ1) is 16.9. The minimum atomic E-state index is -0.367. The summed E-state index contributed by atoms with van der Waals surface area (Å²) in [5.74, 6) is 0.0477. The van der Waals surface area contributed by atoms with Gasteiger partial charge < -0.3 is 11.5 Å². The summed E-state index contributed by atoms with van der Waals surface area (Å²) in [6.45, 7) is 4.56. The number of aromatic nitrogens is 4. The smallest absolute Gasteiger partial charge is 0.219 e. The van der Waals surface area contributed by atoms with Crippen LogP contribution in [0.3, 0.4) is 0 Å². The Morgan fingerprint density at radius 3 is 2.49 bits per heavy atom. The predicted molar refractivity (Wildman–Crippen MR) is 139 cm³/mol. The van der Waals surface area contributed by atoms with Crippen LogP contribution in [0.4, 0.5) is 5.82 Å². The van der Waals surface area contributed by atoms with Gasteiger partial charge in [-0.05, 0) is 49.2 Å². The van der Waals surface area contributed by atoms with Crippen molar-refractivity contribution in [1.82, 2.24) is 19.7 Å². The highest BCUT2D eigenvalue weighted by Crippen LogP contribution is 2.38. The summed E-state index contributed by atoms with van der Waals surface area (Å²) >= 11 is 0. The van der Waals surface area contributed by atoms with Gasteiger partial charge in [0.25, 0.3) is 0 Å². The molecule has 7 nitrogen and oxygen atoms in total. The third-order valence-corrected chi connectivity index (χ3v) is 6.18. The van der Waals surface area contributed by atoms with E-state index in [9.17, 15) is 4.79 Å². The molecule has 174 valence electrons. The quantitative estimate of drug-likeness (QED) is 0.373. The molecule has 0 bridgehead atoms. The number of hydrogen-bond donors (Lipinski definition) is 2. The van der Waals surface area contributed by atoms with Crippen LogP contribution in [-0.2, 0) is 11.3 Å². The number of nitrogen functional groups attached to an aromatic ring is 1. The van der Waals surface area contributed by atoms with Gasteiger partial charge in [-0.2, -0.15) is 5.10 Å². The summed E-state index contributed by atoms with van der Waals surface area (Å²) < 4.78 is 1.69. The maximum Gasteiger partial charge on any atom is 0.219 e. The fraction of sp³-hybridized carbons (Fsp3) is 0.143. The van der Waals surface area contributed by atoms with Gasteiger partial charge >= 0.3 is 0 Å². The molecule has 0 aliphatic carbocycles. The number of rotatable bonds is 6. The van der Waals surface area contributed by atoms with Crippen LogP contribution in [0.5, 0.6) is 0 Å². The first-order valence-electron chi connectivity index (χ1n) is 11.4. The molecular formula is C28H26N6O. The summed E-state index contributed by atoms with van der Waals surface area (Å²) in [4.78, 5) is 20.5. The van der Waals surface area contributed by atoms with Gasteiger partial charge in [0.05, 0.1) is 17.4 Å². The number of primary amides is 1. The summed E-state index contributed by atoms with van der Waals surface area (Å²) in [7, 11) is 0. The zero-order valence-electron chi connectivity index (χ0n) is 19.7. The Kier molecular flexibility index (Phi) is 5.74. The molecule has 0 aliphatic rings. The van der Waals surface area contributed by atoms with Crippen LogP contribution in [0.15, 0.2) is 73.2 Å². The number of carbonyl (C=O) groups excluding carboxylic acids is 1. The summed E-state index contributed by atoms with van der Waals surface area (Å²) in [5, 5.41) is 5.46. The predicted octanol–water partition coefficient (Wildman–Crippen LogP) is 4.90. The van der Waals surface area contributed by atoms with E-state index in [1.807, 2.05) is 24.5 Å². The number of amides is 1. The maximum atomic E-state index is 11.2. The largest absolute Gasteiger partial charge is 0.383 e. The molecule has 5 rings (SSSR count). The lowest BCUT2D eigenvalue weighted by Gasteiger charge is -2.15. The fourth-order valence-corrected chi connectivity index (χ4v) is 4.21. The molecule has 7 heteroatoms. The summed E-state index contributed by atoms with van der Waals surface area (Å²) in [6.07, 6.45) is 5.64. The van der Waals surface area contributed by atoms with Gasteiger partial charge in [-0.3, -0.25) is 14.5 Å². The van der Waals surface area contributed by atoms with Gasteiger partial charge in [0, 0.05) is 53.0 Å². The number of nitrogens with two attached hydrogens (primary N) is 2. The Morgan fingerprint density at radius 1 is 0.943 bits per heavy atom. The number of carbonyl (C=O) groups is 1. The van der Waals surface area contributed by atoms with E-state index in [1.165, 1.54) is 5.56 Å². The second-order valence-corrected chi connectivity index (χ2v) is 8.75. The third-order valence-electron chi connectivity index (χ3n) is 6.18. The van der Waals surface area contributed by atoms with Gasteiger partial charge in [-0.15, -0.1) is 0 Å². The zero-order valence-corrected chi connectivity index (χ0v) is 19.7. The Morgan fingerprint density at radius 2 is 1.71 bits per heavy atom. The van der Waals surface area contributed by atoms with Gasteiger partial charge in [-0.1, -0.05) is 35.9 Å². The lowest BCUT2D eigenvalue weighted by atomic mass is 9.94. The SMILES string of the molecule is Cc1ccc(-c2nc(N)c(-c3cnn(CCC(N)=O)c3)cc2-c2ccc3nccc(C)c3c2)cc1. The molecule has 35 heavy (non-hydrogen) atoms. The molecule has 3 heterocycles. The van der Waals surface area contributed by atoms with Crippen molar-refractivity contribution in [3.63, 3.8) is 0 Å². The zero-order chi connectivity index (χ0) is 24.5. The number of hydrogen-bond acceptors (Lipinski definition) is 5. The van der Waals surface area contributed by atoms with Crippen molar-refractivity contribution in [2.45, 2.75) is 26.8 Å². The van der Waals surface area contributed by atoms with E-state index in [2.05, 4.69) is 66.4 Å². The molecule has 0 atom stereocenters. The lowest BCUT2D eigenvalue weighted by molar-refractivity contribution is -0.118. The number of nitrogens with zero attached hydrogens (tertiary/aromatic N) is 4. The highest BCUT2D eigenvalue weighted by Gasteiger charge is 2.17. The highest BCUT2D eigenvalue weighted by molar-refractivity contribution is 5.93. The molecule has 4 N–H and O–H groups in total. The van der Waals surface area contributed by atoms with Gasteiger partial charge in [0.1, 0.15) is 5.82 Å². The van der Waals surface area contributed by atoms with E-state index in [4.69, 9.17) is 16.5 Å². The highest BCUT2D eigenvalue weighted by atomic mass is 16.1. The molecule has 3 aromatic heterocycles. The van der Waals surface area contributed by atoms with Crippen molar-refractivity contribution in [2.75, 3.05) is 5.73 Å². The summed E-state index contributed by atoms with van der Waals surface area (Å²) in [6, 6.07) is 18.6. The van der Waals surface area contributed by atoms with Crippen molar-refractivity contribution in [2.24, 2.45) is 5.73 Å². The average Bonchev–Trinajstić information content (AvgIpc) is 3.32. The lowest BCUT2D eigenvalue weighted by Crippen LogP contribution is -2.14. The van der Waals surface area contributed by atoms with Crippen molar-refractivity contribution in [3.8, 4) is 33.5 Å². The van der Waals surface area contributed by atoms with Crippen molar-refractivity contribution in [1.29, 1.82) is 0 Å². The molecule has 0 saturated heterocycles. The standard InChI is InChI=1S/C28H26N6O/c1-17-3-5-19(6-4-17)27-23(20-7-8-25-22(13-20)18(2)9-11-31-25)14-24(28(30)33-27)21-15-32-34(16-21)12-10-26(29)35/h3-9,11,13-16H,10,12H2,1-2H3,(H2,29,35)(H2,30,33).